The number of carbonyl (C=O) groups excluding carboxylic acids is 1. The van der Waals surface area contributed by atoms with Crippen LogP contribution in [0.2, 0.25) is 0 Å². The Morgan fingerprint density at radius 2 is 2.08 bits per heavy atom. The number of anilines is 1. The van der Waals surface area contributed by atoms with E-state index in [1.54, 1.807) is 24.3 Å². The van der Waals surface area contributed by atoms with Crippen molar-refractivity contribution in [3.8, 4) is 0 Å². The molecule has 3 N–H and O–H groups in total. The molecule has 1 aromatic heterocycles. The topological polar surface area (TPSA) is 69.8 Å². The Hall–Kier alpha value is -2.35. The fourth-order valence-electron chi connectivity index (χ4n) is 2.73. The third-order valence-corrected chi connectivity index (χ3v) is 3.96. The van der Waals surface area contributed by atoms with E-state index < -0.39 is 18.5 Å². The van der Waals surface area contributed by atoms with Gasteiger partial charge in [-0.15, -0.1) is 0 Å². The number of aromatic amines is 1. The maximum Gasteiger partial charge on any atom is 0.389 e. The highest BCUT2D eigenvalue weighted by atomic mass is 19.4. The molecule has 2 aromatic rings. The van der Waals surface area contributed by atoms with Gasteiger partial charge in [-0.3, -0.25) is 9.89 Å². The average molecular weight is 338 g/mol. The zero-order chi connectivity index (χ0) is 17.2. The summed E-state index contributed by atoms with van der Waals surface area (Å²) in [6.45, 7) is 1.36. The minimum atomic E-state index is -4.23. The maximum absolute atomic E-state index is 12.5. The first-order chi connectivity index (χ1) is 11.4. The number of nitrogens with one attached hydrogen (secondary N) is 3. The number of H-pyrrole nitrogens is 1. The van der Waals surface area contributed by atoms with Crippen molar-refractivity contribution in [2.75, 3.05) is 11.9 Å². The number of hydrogen-bond donors (Lipinski definition) is 3. The van der Waals surface area contributed by atoms with Gasteiger partial charge < -0.3 is 10.6 Å². The van der Waals surface area contributed by atoms with Crippen LogP contribution in [0.25, 0.3) is 0 Å². The molecule has 5 nitrogen and oxygen atoms in total. The minimum Gasteiger partial charge on any atom is -0.320 e. The monoisotopic (exact) mass is 338 g/mol. The fourth-order valence-corrected chi connectivity index (χ4v) is 2.73. The van der Waals surface area contributed by atoms with Gasteiger partial charge in [-0.05, 0) is 18.1 Å². The highest BCUT2D eigenvalue weighted by Gasteiger charge is 2.27. The largest absolute Gasteiger partial charge is 0.389 e. The average Bonchev–Trinajstić information content (AvgIpc) is 2.97. The lowest BCUT2D eigenvalue weighted by molar-refractivity contribution is -0.133. The molecule has 24 heavy (non-hydrogen) atoms. The zero-order valence-corrected chi connectivity index (χ0v) is 12.8. The molecule has 0 saturated heterocycles. The van der Waals surface area contributed by atoms with E-state index in [9.17, 15) is 18.0 Å². The summed E-state index contributed by atoms with van der Waals surface area (Å²) in [6, 6.07) is 6.51. The number of aryl methyl sites for hydroxylation is 1. The van der Waals surface area contributed by atoms with E-state index in [1.165, 1.54) is 0 Å². The van der Waals surface area contributed by atoms with Crippen LogP contribution in [0.1, 0.15) is 33.7 Å². The number of hydrogen-bond acceptors (Lipinski definition) is 3. The Bertz CT molecular complexity index is 739. The van der Waals surface area contributed by atoms with Crippen LogP contribution < -0.4 is 10.6 Å². The van der Waals surface area contributed by atoms with Gasteiger partial charge in [0.15, 0.2) is 5.69 Å². The molecule has 8 heteroatoms. The number of alkyl halides is 3. The number of benzene rings is 1. The Labute approximate surface area is 136 Å². The SMILES string of the molecule is O=C(Nc1ccccc1CCC(F)(F)F)c1n[nH]c2c1CNCC2. The van der Waals surface area contributed by atoms with E-state index in [4.69, 9.17) is 0 Å². The summed E-state index contributed by atoms with van der Waals surface area (Å²) in [4.78, 5) is 12.5. The number of para-hydroxylation sites is 1. The first-order valence-corrected chi connectivity index (χ1v) is 7.67. The number of nitrogens with zero attached hydrogens (tertiary/aromatic N) is 1. The van der Waals surface area contributed by atoms with E-state index in [1.807, 2.05) is 0 Å². The Kier molecular flexibility index (Phi) is 4.57. The van der Waals surface area contributed by atoms with Crippen molar-refractivity contribution in [3.05, 3.63) is 46.8 Å². The van der Waals surface area contributed by atoms with Crippen LogP contribution in [0, 0.1) is 0 Å². The second kappa shape index (κ2) is 6.64. The molecule has 0 radical (unpaired) electrons. The first-order valence-electron chi connectivity index (χ1n) is 7.67. The highest BCUT2D eigenvalue weighted by molar-refractivity contribution is 6.04. The molecule has 1 amide bonds. The van der Waals surface area contributed by atoms with Crippen LogP contribution in [-0.4, -0.2) is 28.8 Å². The van der Waals surface area contributed by atoms with Crippen molar-refractivity contribution >= 4 is 11.6 Å². The smallest absolute Gasteiger partial charge is 0.320 e. The number of fused-ring (bicyclic) bond motifs is 1. The van der Waals surface area contributed by atoms with Crippen LogP contribution in [-0.2, 0) is 19.4 Å². The Morgan fingerprint density at radius 1 is 1.29 bits per heavy atom. The van der Waals surface area contributed by atoms with Gasteiger partial charge in [0.1, 0.15) is 0 Å². The molecule has 0 unspecified atom stereocenters. The second-order valence-corrected chi connectivity index (χ2v) is 5.68. The molecular formula is C16H17F3N4O. The lowest BCUT2D eigenvalue weighted by Gasteiger charge is -2.14. The predicted molar refractivity (Wildman–Crippen MR) is 82.8 cm³/mol. The third-order valence-electron chi connectivity index (χ3n) is 3.96. The molecule has 1 aromatic carbocycles. The molecule has 0 atom stereocenters. The second-order valence-electron chi connectivity index (χ2n) is 5.68. The summed E-state index contributed by atoms with van der Waals surface area (Å²) in [5.41, 5.74) is 2.84. The van der Waals surface area contributed by atoms with E-state index in [0.29, 0.717) is 17.8 Å². The molecule has 0 aliphatic carbocycles. The summed E-state index contributed by atoms with van der Waals surface area (Å²) >= 11 is 0. The van der Waals surface area contributed by atoms with Gasteiger partial charge in [0.2, 0.25) is 0 Å². The molecule has 2 heterocycles. The molecule has 1 aliphatic heterocycles. The predicted octanol–water partition coefficient (Wildman–Crippen LogP) is 2.80. The molecule has 0 saturated carbocycles. The van der Waals surface area contributed by atoms with Crippen molar-refractivity contribution < 1.29 is 18.0 Å². The van der Waals surface area contributed by atoms with Crippen molar-refractivity contribution in [2.24, 2.45) is 0 Å². The molecule has 3 rings (SSSR count). The first kappa shape index (κ1) is 16.5. The summed E-state index contributed by atoms with van der Waals surface area (Å²) in [7, 11) is 0. The van der Waals surface area contributed by atoms with Crippen LogP contribution >= 0.6 is 0 Å². The standard InChI is InChI=1S/C16H17F3N4O/c17-16(18,19)7-5-10-3-1-2-4-12(10)21-15(24)14-11-9-20-8-6-13(11)22-23-14/h1-4,20H,5-9H2,(H,21,24)(H,22,23). The molecule has 0 spiro atoms. The molecule has 128 valence electrons. The summed E-state index contributed by atoms with van der Waals surface area (Å²) in [5.74, 6) is -0.421. The summed E-state index contributed by atoms with van der Waals surface area (Å²) in [6.07, 6.45) is -4.58. The molecule has 1 aliphatic rings. The van der Waals surface area contributed by atoms with Gasteiger partial charge in [0.05, 0.1) is 0 Å². The highest BCUT2D eigenvalue weighted by Crippen LogP contribution is 2.26. The number of halogens is 3. The van der Waals surface area contributed by atoms with Crippen molar-refractivity contribution in [3.63, 3.8) is 0 Å². The van der Waals surface area contributed by atoms with Gasteiger partial charge in [0.25, 0.3) is 5.91 Å². The fraction of sp³-hybridized carbons (Fsp3) is 0.375. The molecule has 0 bridgehead atoms. The van der Waals surface area contributed by atoms with Gasteiger partial charge in [-0.1, -0.05) is 18.2 Å². The normalized spacial score (nSPS) is 14.3. The van der Waals surface area contributed by atoms with Gasteiger partial charge in [0, 0.05) is 42.9 Å². The van der Waals surface area contributed by atoms with Crippen LogP contribution in [0.3, 0.4) is 0 Å². The Morgan fingerprint density at radius 3 is 2.88 bits per heavy atom. The lowest BCUT2D eigenvalue weighted by Crippen LogP contribution is -2.25. The lowest BCUT2D eigenvalue weighted by atomic mass is 10.1. The van der Waals surface area contributed by atoms with Crippen LogP contribution in [0.15, 0.2) is 24.3 Å². The molecule has 0 fully saturated rings. The van der Waals surface area contributed by atoms with Crippen LogP contribution in [0.4, 0.5) is 18.9 Å². The van der Waals surface area contributed by atoms with E-state index in [0.717, 1.165) is 24.2 Å². The van der Waals surface area contributed by atoms with Crippen molar-refractivity contribution in [1.82, 2.24) is 15.5 Å². The van der Waals surface area contributed by atoms with Gasteiger partial charge >= 0.3 is 6.18 Å². The number of amides is 1. The summed E-state index contributed by atoms with van der Waals surface area (Å²) in [5, 5.41) is 12.8. The number of carbonyl (C=O) groups is 1. The zero-order valence-electron chi connectivity index (χ0n) is 12.8. The third kappa shape index (κ3) is 3.76. The van der Waals surface area contributed by atoms with E-state index >= 15 is 0 Å². The van der Waals surface area contributed by atoms with E-state index in [-0.39, 0.29) is 12.1 Å². The molecular weight excluding hydrogens is 321 g/mol. The quantitative estimate of drug-likeness (QED) is 0.803. The maximum atomic E-state index is 12.5. The van der Waals surface area contributed by atoms with Gasteiger partial charge in [-0.25, -0.2) is 0 Å². The Balaban J connectivity index is 1.76. The number of rotatable bonds is 4. The van der Waals surface area contributed by atoms with Crippen LogP contribution in [0.5, 0.6) is 0 Å². The minimum absolute atomic E-state index is 0.180. The number of aromatic nitrogens is 2. The summed E-state index contributed by atoms with van der Waals surface area (Å²) < 4.78 is 37.3. The van der Waals surface area contributed by atoms with Gasteiger partial charge in [-0.2, -0.15) is 18.3 Å². The van der Waals surface area contributed by atoms with E-state index in [2.05, 4.69) is 20.8 Å². The van der Waals surface area contributed by atoms with Crippen molar-refractivity contribution in [2.45, 2.75) is 32.0 Å². The van der Waals surface area contributed by atoms with Crippen molar-refractivity contribution in [1.29, 1.82) is 0 Å².